The minimum atomic E-state index is -2.78. The zero-order valence-electron chi connectivity index (χ0n) is 10.7. The summed E-state index contributed by atoms with van der Waals surface area (Å²) in [6, 6.07) is 3.27. The predicted molar refractivity (Wildman–Crippen MR) is 96.8 cm³/mol. The molecule has 2 radical (unpaired) electrons. The van der Waals surface area contributed by atoms with Crippen molar-refractivity contribution in [3.8, 4) is 5.75 Å². The summed E-state index contributed by atoms with van der Waals surface area (Å²) >= 11 is 19.1. The number of nitrogens with two attached hydrogens (primary N) is 1. The van der Waals surface area contributed by atoms with Crippen LogP contribution in [-0.2, 0) is 20.9 Å². The van der Waals surface area contributed by atoms with Crippen LogP contribution in [0.15, 0.2) is 12.1 Å². The van der Waals surface area contributed by atoms with Crippen LogP contribution in [0.5, 0.6) is 5.75 Å². The Morgan fingerprint density at radius 3 is 2.05 bits per heavy atom. The summed E-state index contributed by atoms with van der Waals surface area (Å²) in [6.45, 7) is -2.78. The Balaban J connectivity index is 0. The summed E-state index contributed by atoms with van der Waals surface area (Å²) < 4.78 is 16.2. The number of halogens is 3. The quantitative estimate of drug-likeness (QED) is 0.235. The van der Waals surface area contributed by atoms with E-state index >= 15 is 0 Å². The molecule has 0 saturated carbocycles. The van der Waals surface area contributed by atoms with E-state index in [9.17, 15) is 0 Å². The van der Waals surface area contributed by atoms with Gasteiger partial charge >= 0.3 is 34.0 Å². The van der Waals surface area contributed by atoms with Crippen molar-refractivity contribution in [3.05, 3.63) is 25.7 Å². The maximum absolute atomic E-state index is 5.99. The molecule has 1 aromatic carbocycles. The molecule has 0 bridgehead atoms. The van der Waals surface area contributed by atoms with Crippen molar-refractivity contribution in [1.29, 1.82) is 0 Å². The molecule has 0 heterocycles. The monoisotopic (exact) mass is 653 g/mol. The van der Waals surface area contributed by atoms with Gasteiger partial charge < -0.3 is 19.3 Å². The zero-order chi connectivity index (χ0) is 14.3. The van der Waals surface area contributed by atoms with Crippen molar-refractivity contribution >= 4 is 91.6 Å². The van der Waals surface area contributed by atoms with E-state index in [2.05, 4.69) is 28.3 Å². The molecule has 1 aromatic rings. The summed E-state index contributed by atoms with van der Waals surface area (Å²) in [4.78, 5) is 0. The van der Waals surface area contributed by atoms with Crippen LogP contribution in [0.4, 0.5) is 0 Å². The first-order chi connectivity index (χ1) is 8.41. The Bertz CT molecular complexity index is 448. The molecule has 0 amide bonds. The van der Waals surface area contributed by atoms with Gasteiger partial charge in [0.15, 0.2) is 0 Å². The van der Waals surface area contributed by atoms with Gasteiger partial charge in [0.05, 0.1) is 10.0 Å². The first kappa shape index (κ1) is 23.1. The van der Waals surface area contributed by atoms with Crippen molar-refractivity contribution in [2.24, 2.45) is 5.73 Å². The third kappa shape index (κ3) is 7.55. The van der Waals surface area contributed by atoms with Crippen LogP contribution < -0.4 is 10.3 Å². The van der Waals surface area contributed by atoms with Crippen molar-refractivity contribution in [2.75, 3.05) is 21.3 Å². The van der Waals surface area contributed by atoms with Gasteiger partial charge in [-0.05, 0) is 35.7 Å². The third-order valence-corrected chi connectivity index (χ3v) is 5.88. The Hall–Kier alpha value is 1.78. The number of benzene rings is 1. The standard InChI is InChI=1S/C8H8Cl2IO3PS.CH5N.Pb.2H/c1-12-15(16,13-2)14-8-4-5(9)7(11)3-6(8)10;1-2;;;/h3-4H,1-2H3;2H2,1H3;;;. The summed E-state index contributed by atoms with van der Waals surface area (Å²) in [5, 5.41) is 0.950. The van der Waals surface area contributed by atoms with Gasteiger partial charge in [-0.25, -0.2) is 0 Å². The zero-order valence-corrected chi connectivity index (χ0v) is 21.5. The van der Waals surface area contributed by atoms with Crippen LogP contribution in [0, 0.1) is 3.57 Å². The fourth-order valence-electron chi connectivity index (χ4n) is 0.844. The van der Waals surface area contributed by atoms with Gasteiger partial charge in [-0.2, -0.15) is 0 Å². The molecule has 0 aliphatic rings. The normalized spacial score (nSPS) is 10.1. The van der Waals surface area contributed by atoms with Gasteiger partial charge in [0.1, 0.15) is 5.75 Å². The molecule has 0 fully saturated rings. The number of hydrogen-bond acceptors (Lipinski definition) is 5. The van der Waals surface area contributed by atoms with Crippen LogP contribution in [0.2, 0.25) is 10.0 Å². The Kier molecular flexibility index (Phi) is 13.8. The molecule has 0 aliphatic heterocycles. The van der Waals surface area contributed by atoms with Gasteiger partial charge in [0.2, 0.25) is 0 Å². The maximum atomic E-state index is 5.99. The molecule has 0 aliphatic carbocycles. The van der Waals surface area contributed by atoms with E-state index in [1.54, 1.807) is 12.1 Å². The summed E-state index contributed by atoms with van der Waals surface area (Å²) in [7, 11) is 4.35. The Morgan fingerprint density at radius 1 is 1.16 bits per heavy atom. The summed E-state index contributed by atoms with van der Waals surface area (Å²) in [5.74, 6) is 0.360. The second-order valence-corrected chi connectivity index (χ2v) is 7.73. The van der Waals surface area contributed by atoms with Crippen LogP contribution in [-0.4, -0.2) is 48.6 Å². The van der Waals surface area contributed by atoms with E-state index in [1.165, 1.54) is 21.3 Å². The molecule has 19 heavy (non-hydrogen) atoms. The van der Waals surface area contributed by atoms with E-state index in [-0.39, 0.29) is 27.3 Å². The van der Waals surface area contributed by atoms with Gasteiger partial charge in [0.25, 0.3) is 0 Å². The van der Waals surface area contributed by atoms with Crippen molar-refractivity contribution in [1.82, 2.24) is 0 Å². The van der Waals surface area contributed by atoms with Crippen LogP contribution in [0.3, 0.4) is 0 Å². The van der Waals surface area contributed by atoms with Crippen molar-refractivity contribution in [2.45, 2.75) is 0 Å². The van der Waals surface area contributed by atoms with E-state index < -0.39 is 6.72 Å². The molecule has 0 unspecified atom stereocenters. The van der Waals surface area contributed by atoms with E-state index in [4.69, 9.17) is 48.6 Å². The molecule has 2 N–H and O–H groups in total. The van der Waals surface area contributed by atoms with Crippen LogP contribution in [0.25, 0.3) is 0 Å². The average Bonchev–Trinajstić information content (AvgIpc) is 2.38. The topological polar surface area (TPSA) is 53.7 Å². The van der Waals surface area contributed by atoms with E-state index in [0.717, 1.165) is 3.57 Å². The molecule has 0 atom stereocenters. The minimum absolute atomic E-state index is 0. The first-order valence-electron chi connectivity index (χ1n) is 4.55. The summed E-state index contributed by atoms with van der Waals surface area (Å²) in [5.41, 5.74) is 4.50. The van der Waals surface area contributed by atoms with Gasteiger partial charge in [-0.15, -0.1) is 0 Å². The molecule has 0 spiro atoms. The molecule has 10 heteroatoms. The van der Waals surface area contributed by atoms with Crippen molar-refractivity contribution in [3.63, 3.8) is 0 Å². The molecule has 1 rings (SSSR count). The number of hydrogen-bond donors (Lipinski definition) is 1. The molecular formula is C9H15Cl2INO3PPbS. The third-order valence-electron chi connectivity index (χ3n) is 1.63. The van der Waals surface area contributed by atoms with Gasteiger partial charge in [-0.1, -0.05) is 23.2 Å². The molecule has 0 saturated heterocycles. The number of rotatable bonds is 4. The van der Waals surface area contributed by atoms with E-state index in [1.807, 2.05) is 0 Å². The fourth-order valence-corrected chi connectivity index (χ4v) is 2.84. The second-order valence-electron chi connectivity index (χ2n) is 2.60. The summed E-state index contributed by atoms with van der Waals surface area (Å²) in [6.07, 6.45) is 0. The molecule has 0 aromatic heterocycles. The molecule has 4 nitrogen and oxygen atoms in total. The van der Waals surface area contributed by atoms with Gasteiger partial charge in [0, 0.05) is 35.7 Å². The van der Waals surface area contributed by atoms with Crippen molar-refractivity contribution < 1.29 is 13.6 Å². The predicted octanol–water partition coefficient (Wildman–Crippen LogP) is 3.15. The molecule has 110 valence electrons. The second kappa shape index (κ2) is 11.4. The van der Waals surface area contributed by atoms with Crippen LogP contribution in [0.1, 0.15) is 0 Å². The van der Waals surface area contributed by atoms with Crippen LogP contribution >= 0.6 is 52.5 Å². The average molecular weight is 653 g/mol. The van der Waals surface area contributed by atoms with E-state index in [0.29, 0.717) is 15.8 Å². The Morgan fingerprint density at radius 2 is 1.63 bits per heavy atom. The van der Waals surface area contributed by atoms with Gasteiger partial charge in [-0.3, -0.25) is 0 Å². The fraction of sp³-hybridized carbons (Fsp3) is 0.333. The first-order valence-corrected chi connectivity index (χ1v) is 8.94. The molecular weight excluding hydrogens is 638 g/mol. The Labute approximate surface area is 162 Å². The SMILES string of the molecule is CN.COP(=S)(OC)Oc1cc(Cl)c(I)cc1Cl.[PbH2].